The van der Waals surface area contributed by atoms with Gasteiger partial charge in [-0.1, -0.05) is 60.7 Å². The van der Waals surface area contributed by atoms with Crippen molar-refractivity contribution >= 4 is 12.4 Å². The lowest BCUT2D eigenvalue weighted by atomic mass is 10.0. The monoisotopic (exact) mass is 415 g/mol. The van der Waals surface area contributed by atoms with Crippen LogP contribution in [0.15, 0.2) is 91.5 Å². The number of rotatable bonds is 6. The maximum atomic E-state index is 9.28. The van der Waals surface area contributed by atoms with Gasteiger partial charge in [0.15, 0.2) is 0 Å². The summed E-state index contributed by atoms with van der Waals surface area (Å²) in [4.78, 5) is 4.09. The Balaban J connectivity index is 0.00000256. The molecule has 0 aliphatic heterocycles. The van der Waals surface area contributed by atoms with E-state index in [9.17, 15) is 5.26 Å². The summed E-state index contributed by atoms with van der Waals surface area (Å²) in [6.07, 6.45) is 5.29. The summed E-state index contributed by atoms with van der Waals surface area (Å²) in [6, 6.07) is 26.5. The standard InChI is InChI=1S/C25H21N3O.ClH/c1-19(21-9-11-23(12-10-21)22-5-3-2-4-6-22)29-25-15-20(16-26)7-8-24(25)17-28-14-13-27-18-28;/h2-15,18-19H,17H2,1H3;1H. The van der Waals surface area contributed by atoms with Gasteiger partial charge < -0.3 is 9.30 Å². The first kappa shape index (κ1) is 21.2. The van der Waals surface area contributed by atoms with E-state index in [2.05, 4.69) is 47.5 Å². The molecule has 0 radical (unpaired) electrons. The second-order valence-electron chi connectivity index (χ2n) is 6.92. The topological polar surface area (TPSA) is 50.8 Å². The third-order valence-electron chi connectivity index (χ3n) is 4.90. The van der Waals surface area contributed by atoms with Gasteiger partial charge in [0.1, 0.15) is 11.9 Å². The fraction of sp³-hybridized carbons (Fsp3) is 0.120. The molecule has 0 fully saturated rings. The molecule has 0 N–H and O–H groups in total. The molecule has 0 amide bonds. The summed E-state index contributed by atoms with van der Waals surface area (Å²) < 4.78 is 8.26. The van der Waals surface area contributed by atoms with Crippen LogP contribution >= 0.6 is 12.4 Å². The molecule has 1 heterocycles. The van der Waals surface area contributed by atoms with E-state index in [1.807, 2.05) is 48.0 Å². The van der Waals surface area contributed by atoms with Gasteiger partial charge in [0.25, 0.3) is 0 Å². The molecule has 0 aliphatic carbocycles. The fourth-order valence-corrected chi connectivity index (χ4v) is 3.28. The Kier molecular flexibility index (Phi) is 6.90. The third kappa shape index (κ3) is 4.89. The van der Waals surface area contributed by atoms with Crippen LogP contribution in [-0.2, 0) is 6.54 Å². The number of benzene rings is 3. The van der Waals surface area contributed by atoms with E-state index in [1.54, 1.807) is 18.6 Å². The first-order valence-corrected chi connectivity index (χ1v) is 9.54. The molecule has 1 atom stereocenters. The van der Waals surface area contributed by atoms with E-state index in [1.165, 1.54) is 11.1 Å². The van der Waals surface area contributed by atoms with Gasteiger partial charge in [-0.25, -0.2) is 4.98 Å². The van der Waals surface area contributed by atoms with Crippen molar-refractivity contribution in [2.24, 2.45) is 0 Å². The summed E-state index contributed by atoms with van der Waals surface area (Å²) in [6.45, 7) is 2.66. The fourth-order valence-electron chi connectivity index (χ4n) is 3.28. The van der Waals surface area contributed by atoms with Crippen LogP contribution in [0.4, 0.5) is 0 Å². The Morgan fingerprint density at radius 2 is 1.73 bits per heavy atom. The van der Waals surface area contributed by atoms with Gasteiger partial charge in [-0.2, -0.15) is 5.26 Å². The zero-order chi connectivity index (χ0) is 20.1. The number of aromatic nitrogens is 2. The van der Waals surface area contributed by atoms with Gasteiger partial charge in [0.05, 0.1) is 24.5 Å². The molecule has 0 bridgehead atoms. The van der Waals surface area contributed by atoms with Crippen molar-refractivity contribution in [1.82, 2.24) is 9.55 Å². The van der Waals surface area contributed by atoms with E-state index in [4.69, 9.17) is 4.74 Å². The zero-order valence-corrected chi connectivity index (χ0v) is 17.4. The second kappa shape index (κ2) is 9.78. The number of ether oxygens (including phenoxy) is 1. The normalized spacial score (nSPS) is 11.2. The van der Waals surface area contributed by atoms with Gasteiger partial charge in [0, 0.05) is 18.0 Å². The number of nitrogens with zero attached hydrogens (tertiary/aromatic N) is 3. The Labute approximate surface area is 182 Å². The van der Waals surface area contributed by atoms with Gasteiger partial charge in [0.2, 0.25) is 0 Å². The highest BCUT2D eigenvalue weighted by atomic mass is 35.5. The minimum atomic E-state index is -0.143. The molecular weight excluding hydrogens is 394 g/mol. The number of hydrogen-bond acceptors (Lipinski definition) is 3. The third-order valence-corrected chi connectivity index (χ3v) is 4.90. The van der Waals surface area contributed by atoms with Crippen molar-refractivity contribution in [3.8, 4) is 22.9 Å². The van der Waals surface area contributed by atoms with Crippen LogP contribution < -0.4 is 4.74 Å². The van der Waals surface area contributed by atoms with Crippen molar-refractivity contribution in [1.29, 1.82) is 5.26 Å². The molecule has 150 valence electrons. The highest BCUT2D eigenvalue weighted by Gasteiger charge is 2.12. The van der Waals surface area contributed by atoms with Crippen LogP contribution in [0.1, 0.15) is 29.7 Å². The van der Waals surface area contributed by atoms with E-state index >= 15 is 0 Å². The first-order chi connectivity index (χ1) is 14.2. The predicted molar refractivity (Wildman–Crippen MR) is 121 cm³/mol. The minimum Gasteiger partial charge on any atom is -0.486 e. The van der Waals surface area contributed by atoms with Gasteiger partial charge >= 0.3 is 0 Å². The maximum Gasteiger partial charge on any atom is 0.126 e. The minimum absolute atomic E-state index is 0. The van der Waals surface area contributed by atoms with Crippen LogP contribution in [0.25, 0.3) is 11.1 Å². The Hall–Kier alpha value is -3.55. The van der Waals surface area contributed by atoms with Crippen molar-refractivity contribution in [3.05, 3.63) is 108 Å². The van der Waals surface area contributed by atoms with Crippen LogP contribution in [0, 0.1) is 11.3 Å². The average Bonchev–Trinajstić information content (AvgIpc) is 3.29. The van der Waals surface area contributed by atoms with Gasteiger partial charge in [-0.15, -0.1) is 12.4 Å². The SMILES string of the molecule is CC(Oc1cc(C#N)ccc1Cn1ccnc1)c1ccc(-c2ccccc2)cc1.Cl. The molecule has 4 aromatic rings. The van der Waals surface area contributed by atoms with E-state index < -0.39 is 0 Å². The average molecular weight is 416 g/mol. The molecule has 0 saturated carbocycles. The molecule has 4 nitrogen and oxygen atoms in total. The summed E-state index contributed by atoms with van der Waals surface area (Å²) in [5.74, 6) is 0.720. The molecule has 3 aromatic carbocycles. The summed E-state index contributed by atoms with van der Waals surface area (Å²) in [5.41, 5.74) is 5.04. The molecule has 0 aliphatic rings. The second-order valence-corrected chi connectivity index (χ2v) is 6.92. The van der Waals surface area contributed by atoms with Crippen LogP contribution in [0.5, 0.6) is 5.75 Å². The molecule has 1 aromatic heterocycles. The smallest absolute Gasteiger partial charge is 0.126 e. The highest BCUT2D eigenvalue weighted by molar-refractivity contribution is 5.85. The molecule has 4 rings (SSSR count). The number of hydrogen-bond donors (Lipinski definition) is 0. The summed E-state index contributed by atoms with van der Waals surface area (Å²) in [7, 11) is 0. The lowest BCUT2D eigenvalue weighted by Gasteiger charge is -2.19. The molecule has 30 heavy (non-hydrogen) atoms. The van der Waals surface area contributed by atoms with Crippen molar-refractivity contribution < 1.29 is 4.74 Å². The molecule has 0 saturated heterocycles. The Bertz CT molecular complexity index is 1120. The number of imidazole rings is 1. The maximum absolute atomic E-state index is 9.28. The van der Waals surface area contributed by atoms with Crippen LogP contribution in [-0.4, -0.2) is 9.55 Å². The van der Waals surface area contributed by atoms with E-state index in [0.29, 0.717) is 12.1 Å². The van der Waals surface area contributed by atoms with Crippen molar-refractivity contribution in [3.63, 3.8) is 0 Å². The van der Waals surface area contributed by atoms with Crippen LogP contribution in [0.3, 0.4) is 0 Å². The highest BCUT2D eigenvalue weighted by Crippen LogP contribution is 2.28. The van der Waals surface area contributed by atoms with Crippen LogP contribution in [0.2, 0.25) is 0 Å². The van der Waals surface area contributed by atoms with Gasteiger partial charge in [-0.3, -0.25) is 0 Å². The molecule has 5 heteroatoms. The number of halogens is 1. The van der Waals surface area contributed by atoms with E-state index in [-0.39, 0.29) is 18.5 Å². The lowest BCUT2D eigenvalue weighted by Crippen LogP contribution is -2.07. The lowest BCUT2D eigenvalue weighted by molar-refractivity contribution is 0.224. The predicted octanol–water partition coefficient (Wildman–Crippen LogP) is 6.03. The number of nitriles is 1. The van der Waals surface area contributed by atoms with Gasteiger partial charge in [-0.05, 0) is 35.7 Å². The van der Waals surface area contributed by atoms with Crippen molar-refractivity contribution in [2.45, 2.75) is 19.6 Å². The molecular formula is C25H22ClN3O. The Morgan fingerprint density at radius 3 is 2.40 bits per heavy atom. The Morgan fingerprint density at radius 1 is 1.00 bits per heavy atom. The first-order valence-electron chi connectivity index (χ1n) is 9.54. The summed E-state index contributed by atoms with van der Waals surface area (Å²) >= 11 is 0. The van der Waals surface area contributed by atoms with E-state index in [0.717, 1.165) is 16.9 Å². The molecule has 0 spiro atoms. The van der Waals surface area contributed by atoms with Crippen molar-refractivity contribution in [2.75, 3.05) is 0 Å². The zero-order valence-electron chi connectivity index (χ0n) is 16.6. The largest absolute Gasteiger partial charge is 0.486 e. The quantitative estimate of drug-likeness (QED) is 0.386. The summed E-state index contributed by atoms with van der Waals surface area (Å²) in [5, 5.41) is 9.28. The molecule has 1 unspecified atom stereocenters.